The van der Waals surface area contributed by atoms with Gasteiger partial charge in [0, 0.05) is 12.8 Å². The van der Waals surface area contributed by atoms with Gasteiger partial charge < -0.3 is 45.1 Å². The molecule has 1 aliphatic rings. The van der Waals surface area contributed by atoms with E-state index in [-0.39, 0.29) is 18.5 Å². The number of allylic oxidation sites excluding steroid dienone is 5. The Kier molecular flexibility index (Phi) is 70.9. The molecule has 7 unspecified atom stereocenters. The molecule has 0 aromatic carbocycles. The van der Waals surface area contributed by atoms with Crippen molar-refractivity contribution in [2.24, 2.45) is 0 Å². The van der Waals surface area contributed by atoms with Crippen LogP contribution < -0.4 is 5.32 Å². The third kappa shape index (κ3) is 61.7. The van der Waals surface area contributed by atoms with Crippen LogP contribution in [-0.2, 0) is 23.8 Å². The minimum absolute atomic E-state index is 0.0142. The van der Waals surface area contributed by atoms with Crippen LogP contribution in [0, 0.1) is 0 Å². The van der Waals surface area contributed by atoms with Gasteiger partial charge in [-0.25, -0.2) is 0 Å². The average molecular weight is 1360 g/mol. The number of hydrogen-bond acceptors (Lipinski definition) is 10. The lowest BCUT2D eigenvalue weighted by Crippen LogP contribution is -2.60. The van der Waals surface area contributed by atoms with Crippen molar-refractivity contribution in [2.45, 2.75) is 474 Å². The van der Waals surface area contributed by atoms with Gasteiger partial charge in [0.05, 0.1) is 32.0 Å². The molecule has 566 valence electrons. The molecule has 0 aromatic rings. The molecule has 1 aliphatic heterocycles. The van der Waals surface area contributed by atoms with Gasteiger partial charge in [-0.1, -0.05) is 371 Å². The summed E-state index contributed by atoms with van der Waals surface area (Å²) in [5.41, 5.74) is 0. The second-order valence-electron chi connectivity index (χ2n) is 29.5. The number of hydrogen-bond donors (Lipinski definition) is 6. The molecule has 1 heterocycles. The molecule has 1 amide bonds. The Bertz CT molecular complexity index is 1690. The number of aliphatic hydroxyl groups excluding tert-OH is 5. The second-order valence-corrected chi connectivity index (χ2v) is 29.5. The van der Waals surface area contributed by atoms with E-state index in [9.17, 15) is 35.1 Å². The van der Waals surface area contributed by atoms with Crippen molar-refractivity contribution < 1.29 is 49.3 Å². The Hall–Kier alpha value is -2.12. The third-order valence-electron chi connectivity index (χ3n) is 20.2. The summed E-state index contributed by atoms with van der Waals surface area (Å²) in [6.07, 6.45) is 87.7. The quantitative estimate of drug-likeness (QED) is 0.0195. The van der Waals surface area contributed by atoms with Crippen LogP contribution in [0.3, 0.4) is 0 Å². The summed E-state index contributed by atoms with van der Waals surface area (Å²) in [6, 6.07) is -0.806. The predicted molar refractivity (Wildman–Crippen MR) is 407 cm³/mol. The maximum absolute atomic E-state index is 13.1. The van der Waals surface area contributed by atoms with Crippen LogP contribution in [0.4, 0.5) is 0 Å². The number of ether oxygens (including phenoxy) is 3. The van der Waals surface area contributed by atoms with Gasteiger partial charge in [-0.3, -0.25) is 9.59 Å². The topological polar surface area (TPSA) is 175 Å². The molecule has 1 fully saturated rings. The minimum atomic E-state index is -1.57. The highest BCUT2D eigenvalue weighted by Gasteiger charge is 2.44. The maximum Gasteiger partial charge on any atom is 0.305 e. The number of amides is 1. The lowest BCUT2D eigenvalue weighted by Gasteiger charge is -2.40. The molecule has 96 heavy (non-hydrogen) atoms. The zero-order chi connectivity index (χ0) is 69.4. The summed E-state index contributed by atoms with van der Waals surface area (Å²) in [5.74, 6) is -0.161. The Morgan fingerprint density at radius 3 is 1.00 bits per heavy atom. The lowest BCUT2D eigenvalue weighted by molar-refractivity contribution is -0.302. The Morgan fingerprint density at radius 2 is 0.667 bits per heavy atom. The second kappa shape index (κ2) is 74.1. The maximum atomic E-state index is 13.1. The van der Waals surface area contributed by atoms with Crippen LogP contribution in [0.25, 0.3) is 0 Å². The van der Waals surface area contributed by atoms with Gasteiger partial charge in [0.2, 0.25) is 5.91 Å². The highest BCUT2D eigenvalue weighted by atomic mass is 16.7. The van der Waals surface area contributed by atoms with E-state index in [0.29, 0.717) is 19.4 Å². The molecule has 1 rings (SSSR count). The van der Waals surface area contributed by atoms with Gasteiger partial charge >= 0.3 is 5.97 Å². The first-order valence-corrected chi connectivity index (χ1v) is 42.3. The van der Waals surface area contributed by atoms with Gasteiger partial charge in [-0.05, 0) is 83.5 Å². The Morgan fingerprint density at radius 1 is 0.375 bits per heavy atom. The van der Waals surface area contributed by atoms with E-state index in [2.05, 4.69) is 43.5 Å². The number of nitrogens with one attached hydrogen (secondary N) is 1. The van der Waals surface area contributed by atoms with E-state index < -0.39 is 49.5 Å². The van der Waals surface area contributed by atoms with Crippen molar-refractivity contribution in [1.82, 2.24) is 5.32 Å². The molecule has 0 saturated carbocycles. The van der Waals surface area contributed by atoms with E-state index in [1.807, 2.05) is 6.08 Å². The monoisotopic (exact) mass is 1360 g/mol. The summed E-state index contributed by atoms with van der Waals surface area (Å²) in [6.45, 7) is 4.39. The molecule has 0 bridgehead atoms. The van der Waals surface area contributed by atoms with Gasteiger partial charge in [0.15, 0.2) is 6.29 Å². The number of rotatable bonds is 76. The molecule has 11 nitrogen and oxygen atoms in total. The number of carbonyl (C=O) groups excluding carboxylic acids is 2. The van der Waals surface area contributed by atoms with Crippen molar-refractivity contribution in [3.8, 4) is 0 Å². The number of aliphatic hydroxyl groups is 5. The molecule has 0 spiro atoms. The fraction of sp³-hybridized carbons (Fsp3) is 0.906. The van der Waals surface area contributed by atoms with Crippen LogP contribution in [0.15, 0.2) is 36.5 Å². The standard InChI is InChI=1S/C85H161NO10/c1-3-5-7-9-11-13-15-17-18-42-46-49-53-57-61-65-69-73-81(90)94-74-70-66-62-58-54-50-47-44-41-39-37-35-33-31-29-27-25-23-21-19-20-22-24-26-28-30-32-34-36-38-40-43-45-48-52-56-60-64-68-72-80(89)86-77(76-95-85-84(93)83(92)82(91)79(75-87)96-85)78(88)71-67-63-59-55-51-16-14-12-10-8-6-4-2/h17-20,67,71,77-79,82-85,87-88,91-93H,3-16,21-66,68-70,72-76H2,1-2H3,(H,86,89)/b18-17-,20-19-,71-67+. The van der Waals surface area contributed by atoms with E-state index >= 15 is 0 Å². The fourth-order valence-corrected chi connectivity index (χ4v) is 13.6. The van der Waals surface area contributed by atoms with Crippen LogP contribution in [0.2, 0.25) is 0 Å². The number of esters is 1. The van der Waals surface area contributed by atoms with Crippen molar-refractivity contribution in [3.05, 3.63) is 36.5 Å². The van der Waals surface area contributed by atoms with Gasteiger partial charge in [0.25, 0.3) is 0 Å². The Balaban J connectivity index is 1.86. The molecule has 11 heteroatoms. The molecular weight excluding hydrogens is 1190 g/mol. The van der Waals surface area contributed by atoms with E-state index in [0.717, 1.165) is 57.8 Å². The zero-order valence-corrected chi connectivity index (χ0v) is 63.4. The summed E-state index contributed by atoms with van der Waals surface area (Å²) in [7, 11) is 0. The first-order valence-electron chi connectivity index (χ1n) is 42.3. The average Bonchev–Trinajstić information content (AvgIpc) is 0.850. The van der Waals surface area contributed by atoms with E-state index in [4.69, 9.17) is 14.2 Å². The fourth-order valence-electron chi connectivity index (χ4n) is 13.6. The van der Waals surface area contributed by atoms with Gasteiger partial charge in [-0.15, -0.1) is 0 Å². The Labute approximate surface area is 594 Å². The molecular formula is C85H161NO10. The largest absolute Gasteiger partial charge is 0.466 e. The first kappa shape index (κ1) is 91.9. The number of unbranched alkanes of at least 4 members (excludes halogenated alkanes) is 58. The van der Waals surface area contributed by atoms with Crippen LogP contribution in [0.1, 0.15) is 431 Å². The highest BCUT2D eigenvalue weighted by molar-refractivity contribution is 5.76. The van der Waals surface area contributed by atoms with Gasteiger partial charge in [-0.2, -0.15) is 0 Å². The van der Waals surface area contributed by atoms with E-state index in [1.165, 1.54) is 347 Å². The van der Waals surface area contributed by atoms with Crippen molar-refractivity contribution in [3.63, 3.8) is 0 Å². The third-order valence-corrected chi connectivity index (χ3v) is 20.2. The van der Waals surface area contributed by atoms with Crippen molar-refractivity contribution in [1.29, 1.82) is 0 Å². The van der Waals surface area contributed by atoms with Gasteiger partial charge in [0.1, 0.15) is 24.4 Å². The normalized spacial score (nSPS) is 17.4. The predicted octanol–water partition coefficient (Wildman–Crippen LogP) is 23.3. The van der Waals surface area contributed by atoms with E-state index in [1.54, 1.807) is 6.08 Å². The smallest absolute Gasteiger partial charge is 0.305 e. The van der Waals surface area contributed by atoms with Crippen molar-refractivity contribution >= 4 is 11.9 Å². The highest BCUT2D eigenvalue weighted by Crippen LogP contribution is 2.24. The minimum Gasteiger partial charge on any atom is -0.466 e. The lowest BCUT2D eigenvalue weighted by atomic mass is 9.99. The molecule has 0 radical (unpaired) electrons. The van der Waals surface area contributed by atoms with Crippen LogP contribution >= 0.6 is 0 Å². The molecule has 6 N–H and O–H groups in total. The summed E-state index contributed by atoms with van der Waals surface area (Å²) in [4.78, 5) is 25.2. The number of carbonyl (C=O) groups is 2. The van der Waals surface area contributed by atoms with Crippen LogP contribution in [-0.4, -0.2) is 100 Å². The molecule has 1 saturated heterocycles. The molecule has 0 aromatic heterocycles. The first-order chi connectivity index (χ1) is 47.2. The molecule has 7 atom stereocenters. The summed E-state index contributed by atoms with van der Waals surface area (Å²) < 4.78 is 16.8. The molecule has 0 aliphatic carbocycles. The van der Waals surface area contributed by atoms with Crippen LogP contribution in [0.5, 0.6) is 0 Å². The zero-order valence-electron chi connectivity index (χ0n) is 63.4. The SMILES string of the molecule is CCCCCCCC/C=C\CCCCCCCCCC(=O)OCCCCCCCCCCCCCCCCCCCC/C=C\CCCCCCCCCCCCCCCCCCCC(=O)NC(COC1OC(CO)C(O)C(O)C1O)C(O)/C=C/CCCCCCCCCCCC. The van der Waals surface area contributed by atoms with Crippen molar-refractivity contribution in [2.75, 3.05) is 19.8 Å². The summed E-state index contributed by atoms with van der Waals surface area (Å²) >= 11 is 0. The summed E-state index contributed by atoms with van der Waals surface area (Å²) in [5, 5.41) is 54.6.